The average Bonchev–Trinajstić information content (AvgIpc) is 2.77. The molecule has 0 aliphatic carbocycles. The molecule has 0 saturated carbocycles. The van der Waals surface area contributed by atoms with Crippen LogP contribution in [0.5, 0.6) is 5.88 Å². The van der Waals surface area contributed by atoms with Gasteiger partial charge in [0.15, 0.2) is 0 Å². The molecule has 7 heteroatoms. The van der Waals surface area contributed by atoms with E-state index in [4.69, 9.17) is 4.74 Å². The van der Waals surface area contributed by atoms with Gasteiger partial charge < -0.3 is 9.64 Å². The molecule has 0 fully saturated rings. The highest BCUT2D eigenvalue weighted by Crippen LogP contribution is 2.16. The summed E-state index contributed by atoms with van der Waals surface area (Å²) in [6, 6.07) is 2.05. The molecular formula is C14H20FN5O. The van der Waals surface area contributed by atoms with E-state index in [1.54, 1.807) is 0 Å². The second kappa shape index (κ2) is 6.51. The maximum atomic E-state index is 13.3. The first-order valence-corrected chi connectivity index (χ1v) is 6.80. The van der Waals surface area contributed by atoms with Crippen molar-refractivity contribution in [3.63, 3.8) is 0 Å². The van der Waals surface area contributed by atoms with Crippen LogP contribution in [0.2, 0.25) is 0 Å². The molecule has 2 aromatic rings. The average molecular weight is 293 g/mol. The van der Waals surface area contributed by atoms with Gasteiger partial charge in [-0.05, 0) is 26.3 Å². The van der Waals surface area contributed by atoms with E-state index in [1.807, 2.05) is 30.5 Å². The maximum absolute atomic E-state index is 13.3. The number of ether oxygens (including phenoxy) is 1. The van der Waals surface area contributed by atoms with Crippen molar-refractivity contribution in [2.45, 2.75) is 26.8 Å². The Morgan fingerprint density at radius 3 is 2.76 bits per heavy atom. The Labute approximate surface area is 123 Å². The molecule has 2 heterocycles. The number of nitrogens with zero attached hydrogens (tertiary/aromatic N) is 5. The third-order valence-electron chi connectivity index (χ3n) is 3.20. The molecule has 0 radical (unpaired) electrons. The summed E-state index contributed by atoms with van der Waals surface area (Å²) in [6.07, 6.45) is 2.01. The molecule has 114 valence electrons. The van der Waals surface area contributed by atoms with E-state index in [0.717, 1.165) is 37.1 Å². The highest BCUT2D eigenvalue weighted by Gasteiger charge is 2.10. The maximum Gasteiger partial charge on any atom is 0.255 e. The van der Waals surface area contributed by atoms with Crippen LogP contribution in [0.4, 0.5) is 10.3 Å². The van der Waals surface area contributed by atoms with E-state index in [1.165, 1.54) is 7.11 Å². The standard InChI is InChI=1S/C14H20FN5O/c1-10-8-11(2)20(18-10)7-5-6-19(3)14-16-9-12(15)13(17-14)21-4/h8-9H,5-7H2,1-4H3. The molecular weight excluding hydrogens is 273 g/mol. The Hall–Kier alpha value is -2.18. The van der Waals surface area contributed by atoms with Crippen LogP contribution in [-0.4, -0.2) is 40.5 Å². The molecule has 0 atom stereocenters. The van der Waals surface area contributed by atoms with Crippen molar-refractivity contribution < 1.29 is 9.13 Å². The third-order valence-corrected chi connectivity index (χ3v) is 3.20. The van der Waals surface area contributed by atoms with Crippen molar-refractivity contribution in [3.05, 3.63) is 29.5 Å². The Balaban J connectivity index is 1.92. The molecule has 0 unspecified atom stereocenters. The lowest BCUT2D eigenvalue weighted by Crippen LogP contribution is -2.22. The first-order chi connectivity index (χ1) is 10.0. The summed E-state index contributed by atoms with van der Waals surface area (Å²) in [7, 11) is 3.26. The molecule has 0 aliphatic heterocycles. The molecule has 0 spiro atoms. The summed E-state index contributed by atoms with van der Waals surface area (Å²) < 4.78 is 20.1. The van der Waals surface area contributed by atoms with Crippen LogP contribution >= 0.6 is 0 Å². The number of rotatable bonds is 6. The fourth-order valence-electron chi connectivity index (χ4n) is 2.13. The zero-order valence-corrected chi connectivity index (χ0v) is 12.8. The molecule has 2 rings (SSSR count). The Bertz CT molecular complexity index is 613. The highest BCUT2D eigenvalue weighted by molar-refractivity contribution is 5.31. The van der Waals surface area contributed by atoms with E-state index in [-0.39, 0.29) is 5.88 Å². The second-order valence-corrected chi connectivity index (χ2v) is 4.95. The smallest absolute Gasteiger partial charge is 0.255 e. The lowest BCUT2D eigenvalue weighted by Gasteiger charge is -2.17. The molecule has 0 aliphatic rings. The lowest BCUT2D eigenvalue weighted by molar-refractivity contribution is 0.367. The van der Waals surface area contributed by atoms with E-state index in [9.17, 15) is 4.39 Å². The molecule has 0 N–H and O–H groups in total. The number of aromatic nitrogens is 4. The normalized spacial score (nSPS) is 10.7. The van der Waals surface area contributed by atoms with Gasteiger partial charge in [0.1, 0.15) is 0 Å². The Morgan fingerprint density at radius 2 is 2.14 bits per heavy atom. The van der Waals surface area contributed by atoms with Crippen LogP contribution in [-0.2, 0) is 6.54 Å². The van der Waals surface area contributed by atoms with E-state index in [0.29, 0.717) is 5.95 Å². The van der Waals surface area contributed by atoms with Gasteiger partial charge in [0.05, 0.1) is 19.0 Å². The molecule has 21 heavy (non-hydrogen) atoms. The lowest BCUT2D eigenvalue weighted by atomic mass is 10.3. The molecule has 2 aromatic heterocycles. The van der Waals surface area contributed by atoms with Crippen LogP contribution in [0.1, 0.15) is 17.8 Å². The summed E-state index contributed by atoms with van der Waals surface area (Å²) in [6.45, 7) is 5.58. The van der Waals surface area contributed by atoms with E-state index >= 15 is 0 Å². The topological polar surface area (TPSA) is 56.1 Å². The zero-order chi connectivity index (χ0) is 15.4. The molecule has 0 amide bonds. The van der Waals surface area contributed by atoms with Gasteiger partial charge in [0.2, 0.25) is 11.8 Å². The molecule has 0 saturated heterocycles. The predicted molar refractivity (Wildman–Crippen MR) is 78.1 cm³/mol. The van der Waals surface area contributed by atoms with Crippen LogP contribution in [0.15, 0.2) is 12.3 Å². The van der Waals surface area contributed by atoms with Gasteiger partial charge in [-0.25, -0.2) is 4.98 Å². The summed E-state index contributed by atoms with van der Waals surface area (Å²) in [5.74, 6) is -0.149. The Kier molecular flexibility index (Phi) is 4.72. The van der Waals surface area contributed by atoms with Gasteiger partial charge in [0.25, 0.3) is 5.88 Å². The first kappa shape index (κ1) is 15.2. The summed E-state index contributed by atoms with van der Waals surface area (Å²) in [4.78, 5) is 9.87. The monoisotopic (exact) mass is 293 g/mol. The van der Waals surface area contributed by atoms with Crippen LogP contribution in [0, 0.1) is 19.7 Å². The highest BCUT2D eigenvalue weighted by atomic mass is 19.1. The van der Waals surface area contributed by atoms with Crippen LogP contribution in [0.3, 0.4) is 0 Å². The van der Waals surface area contributed by atoms with Crippen molar-refractivity contribution >= 4 is 5.95 Å². The predicted octanol–water partition coefficient (Wildman–Crippen LogP) is 1.96. The van der Waals surface area contributed by atoms with Crippen LogP contribution in [0.25, 0.3) is 0 Å². The fraction of sp³-hybridized carbons (Fsp3) is 0.500. The number of aryl methyl sites for hydroxylation is 3. The summed E-state index contributed by atoms with van der Waals surface area (Å²) >= 11 is 0. The second-order valence-electron chi connectivity index (χ2n) is 4.95. The van der Waals surface area contributed by atoms with Crippen molar-refractivity contribution in [2.24, 2.45) is 0 Å². The van der Waals surface area contributed by atoms with Crippen molar-refractivity contribution in [1.29, 1.82) is 0 Å². The first-order valence-electron chi connectivity index (χ1n) is 6.80. The van der Waals surface area contributed by atoms with Gasteiger partial charge in [-0.15, -0.1) is 0 Å². The largest absolute Gasteiger partial charge is 0.479 e. The van der Waals surface area contributed by atoms with Gasteiger partial charge in [0, 0.05) is 25.8 Å². The third kappa shape index (κ3) is 3.68. The SMILES string of the molecule is COc1nc(N(C)CCCn2nc(C)cc2C)ncc1F. The zero-order valence-electron chi connectivity index (χ0n) is 12.8. The summed E-state index contributed by atoms with van der Waals surface area (Å²) in [5.41, 5.74) is 2.17. The van der Waals surface area contributed by atoms with E-state index in [2.05, 4.69) is 21.1 Å². The van der Waals surface area contributed by atoms with Gasteiger partial charge in [-0.1, -0.05) is 0 Å². The molecule has 0 bridgehead atoms. The minimum absolute atomic E-state index is 0.0367. The Morgan fingerprint density at radius 1 is 1.38 bits per heavy atom. The molecule has 6 nitrogen and oxygen atoms in total. The quantitative estimate of drug-likeness (QED) is 0.815. The van der Waals surface area contributed by atoms with E-state index < -0.39 is 5.82 Å². The van der Waals surface area contributed by atoms with Gasteiger partial charge >= 0.3 is 0 Å². The number of anilines is 1. The fourth-order valence-corrected chi connectivity index (χ4v) is 2.13. The molecule has 0 aromatic carbocycles. The van der Waals surface area contributed by atoms with Crippen molar-refractivity contribution in [3.8, 4) is 5.88 Å². The number of hydrogen-bond acceptors (Lipinski definition) is 5. The minimum Gasteiger partial charge on any atom is -0.479 e. The van der Waals surface area contributed by atoms with Crippen molar-refractivity contribution in [1.82, 2.24) is 19.7 Å². The number of hydrogen-bond donors (Lipinski definition) is 0. The number of methoxy groups -OCH3 is 1. The van der Waals surface area contributed by atoms with Crippen LogP contribution < -0.4 is 9.64 Å². The van der Waals surface area contributed by atoms with Gasteiger partial charge in [-0.3, -0.25) is 4.68 Å². The van der Waals surface area contributed by atoms with Gasteiger partial charge in [-0.2, -0.15) is 14.5 Å². The minimum atomic E-state index is -0.558. The number of halogens is 1. The van der Waals surface area contributed by atoms with Crippen molar-refractivity contribution in [2.75, 3.05) is 25.6 Å². The summed E-state index contributed by atoms with van der Waals surface area (Å²) in [5, 5.41) is 4.42.